The van der Waals surface area contributed by atoms with Crippen molar-refractivity contribution in [2.24, 2.45) is 0 Å². The van der Waals surface area contributed by atoms with Crippen molar-refractivity contribution < 1.29 is 31.5 Å². The SMILES string of the molecule is O=C(O)CCCN(c1cc(C(F)(F)F)ccc1Cl)S(=O)(=O)c1ccccc1. The largest absolute Gasteiger partial charge is 0.481 e. The minimum absolute atomic E-state index is 0.103. The summed E-state index contributed by atoms with van der Waals surface area (Å²) in [7, 11) is -4.25. The number of rotatable bonds is 7. The number of hydrogen-bond acceptors (Lipinski definition) is 3. The molecule has 1 N–H and O–H groups in total. The highest BCUT2D eigenvalue weighted by molar-refractivity contribution is 7.92. The van der Waals surface area contributed by atoms with E-state index in [0.29, 0.717) is 10.4 Å². The lowest BCUT2D eigenvalue weighted by atomic mass is 10.2. The predicted octanol–water partition coefficient (Wildman–Crippen LogP) is 4.42. The first-order valence-electron chi connectivity index (χ1n) is 7.70. The van der Waals surface area contributed by atoms with Crippen molar-refractivity contribution in [3.63, 3.8) is 0 Å². The van der Waals surface area contributed by atoms with Gasteiger partial charge in [-0.2, -0.15) is 13.2 Å². The molecular formula is C17H15ClF3NO4S. The Morgan fingerprint density at radius 3 is 2.30 bits per heavy atom. The molecule has 0 saturated carbocycles. The van der Waals surface area contributed by atoms with E-state index >= 15 is 0 Å². The van der Waals surface area contributed by atoms with E-state index in [4.69, 9.17) is 16.7 Å². The molecule has 0 aromatic heterocycles. The molecule has 146 valence electrons. The molecule has 0 bridgehead atoms. The summed E-state index contributed by atoms with van der Waals surface area (Å²) in [6.45, 7) is -0.343. The minimum Gasteiger partial charge on any atom is -0.481 e. The molecule has 0 amide bonds. The van der Waals surface area contributed by atoms with Gasteiger partial charge in [0.25, 0.3) is 10.0 Å². The van der Waals surface area contributed by atoms with E-state index in [9.17, 15) is 26.4 Å². The maximum Gasteiger partial charge on any atom is 0.416 e. The van der Waals surface area contributed by atoms with Crippen LogP contribution in [0.3, 0.4) is 0 Å². The van der Waals surface area contributed by atoms with Crippen molar-refractivity contribution >= 4 is 33.3 Å². The van der Waals surface area contributed by atoms with Gasteiger partial charge >= 0.3 is 12.1 Å². The van der Waals surface area contributed by atoms with Gasteiger partial charge in [0.2, 0.25) is 0 Å². The Kier molecular flexibility index (Phi) is 6.38. The zero-order valence-corrected chi connectivity index (χ0v) is 15.4. The number of alkyl halides is 3. The first-order valence-corrected chi connectivity index (χ1v) is 9.51. The Morgan fingerprint density at radius 1 is 1.11 bits per heavy atom. The van der Waals surface area contributed by atoms with Gasteiger partial charge in [-0.3, -0.25) is 9.10 Å². The van der Waals surface area contributed by atoms with Crippen LogP contribution in [-0.2, 0) is 21.0 Å². The van der Waals surface area contributed by atoms with Crippen LogP contribution in [0.25, 0.3) is 0 Å². The Hall–Kier alpha value is -2.26. The summed E-state index contributed by atoms with van der Waals surface area (Å²) >= 11 is 5.99. The zero-order chi connectivity index (χ0) is 20.2. The second-order valence-corrected chi connectivity index (χ2v) is 7.82. The summed E-state index contributed by atoms with van der Waals surface area (Å²) in [5.41, 5.74) is -1.42. The molecular weight excluding hydrogens is 407 g/mol. The van der Waals surface area contributed by atoms with E-state index in [2.05, 4.69) is 0 Å². The predicted molar refractivity (Wildman–Crippen MR) is 94.3 cm³/mol. The van der Waals surface area contributed by atoms with E-state index in [1.54, 1.807) is 6.07 Å². The van der Waals surface area contributed by atoms with Crippen LogP contribution in [0.5, 0.6) is 0 Å². The standard InChI is InChI=1S/C17H15ClF3NO4S/c18-14-9-8-12(17(19,20)21)11-15(14)22(10-4-7-16(23)24)27(25,26)13-5-2-1-3-6-13/h1-3,5-6,8-9,11H,4,7,10H2,(H,23,24). The van der Waals surface area contributed by atoms with Gasteiger partial charge < -0.3 is 5.11 Å². The summed E-state index contributed by atoms with van der Waals surface area (Å²) in [4.78, 5) is 10.6. The fraction of sp³-hybridized carbons (Fsp3) is 0.235. The third-order valence-electron chi connectivity index (χ3n) is 3.63. The molecule has 0 heterocycles. The van der Waals surface area contributed by atoms with Crippen LogP contribution in [0.4, 0.5) is 18.9 Å². The summed E-state index contributed by atoms with van der Waals surface area (Å²) < 4.78 is 65.8. The summed E-state index contributed by atoms with van der Waals surface area (Å²) in [6, 6.07) is 9.46. The molecule has 2 aromatic carbocycles. The molecule has 5 nitrogen and oxygen atoms in total. The third kappa shape index (κ3) is 5.14. The van der Waals surface area contributed by atoms with Gasteiger partial charge in [0, 0.05) is 13.0 Å². The third-order valence-corrected chi connectivity index (χ3v) is 5.77. The van der Waals surface area contributed by atoms with Crippen LogP contribution in [0, 0.1) is 0 Å². The van der Waals surface area contributed by atoms with Crippen LogP contribution in [0.15, 0.2) is 53.4 Å². The number of carbonyl (C=O) groups is 1. The van der Waals surface area contributed by atoms with E-state index in [1.807, 2.05) is 0 Å². The van der Waals surface area contributed by atoms with Gasteiger partial charge in [-0.15, -0.1) is 0 Å². The van der Waals surface area contributed by atoms with Gasteiger partial charge in [-0.25, -0.2) is 8.42 Å². The highest BCUT2D eigenvalue weighted by Gasteiger charge is 2.33. The number of carboxylic acid groups (broad SMARTS) is 1. The van der Waals surface area contributed by atoms with Crippen molar-refractivity contribution in [3.8, 4) is 0 Å². The highest BCUT2D eigenvalue weighted by Crippen LogP contribution is 2.37. The molecule has 2 rings (SSSR count). The number of hydrogen-bond donors (Lipinski definition) is 1. The fourth-order valence-electron chi connectivity index (χ4n) is 2.34. The first kappa shape index (κ1) is 21.0. The Balaban J connectivity index is 2.55. The normalized spacial score (nSPS) is 12.0. The smallest absolute Gasteiger partial charge is 0.416 e. The van der Waals surface area contributed by atoms with Gasteiger partial charge in [-0.1, -0.05) is 29.8 Å². The topological polar surface area (TPSA) is 74.7 Å². The van der Waals surface area contributed by atoms with Crippen LogP contribution in [0.1, 0.15) is 18.4 Å². The molecule has 0 saturated heterocycles. The lowest BCUT2D eigenvalue weighted by molar-refractivity contribution is -0.138. The molecule has 0 unspecified atom stereocenters. The number of benzene rings is 2. The van der Waals surface area contributed by atoms with Crippen molar-refractivity contribution in [3.05, 3.63) is 59.1 Å². The van der Waals surface area contributed by atoms with Crippen LogP contribution in [0.2, 0.25) is 5.02 Å². The Labute approximate surface area is 159 Å². The maximum atomic E-state index is 13.1. The van der Waals surface area contributed by atoms with Gasteiger partial charge in [0.1, 0.15) is 0 Å². The van der Waals surface area contributed by atoms with Crippen LogP contribution >= 0.6 is 11.6 Å². The van der Waals surface area contributed by atoms with Gasteiger partial charge in [0.15, 0.2) is 0 Å². The quantitative estimate of drug-likeness (QED) is 0.718. The number of nitrogens with zero attached hydrogens (tertiary/aromatic N) is 1. The number of carboxylic acids is 1. The highest BCUT2D eigenvalue weighted by atomic mass is 35.5. The second kappa shape index (κ2) is 8.18. The van der Waals surface area contributed by atoms with Crippen LogP contribution < -0.4 is 4.31 Å². The maximum absolute atomic E-state index is 13.1. The second-order valence-electron chi connectivity index (χ2n) is 5.55. The average molecular weight is 422 g/mol. The van der Waals surface area contributed by atoms with E-state index in [-0.39, 0.29) is 35.0 Å². The summed E-state index contributed by atoms with van der Waals surface area (Å²) in [5.74, 6) is -1.15. The van der Waals surface area contributed by atoms with Gasteiger partial charge in [0.05, 0.1) is 21.2 Å². The molecule has 27 heavy (non-hydrogen) atoms. The lowest BCUT2D eigenvalue weighted by Gasteiger charge is -2.26. The summed E-state index contributed by atoms with van der Waals surface area (Å²) in [6.07, 6.45) is -5.14. The molecule has 0 aliphatic heterocycles. The minimum atomic E-state index is -4.69. The number of halogens is 4. The molecule has 2 aromatic rings. The summed E-state index contributed by atoms with van der Waals surface area (Å²) in [5, 5.41) is 8.58. The fourth-order valence-corrected chi connectivity index (χ4v) is 4.15. The Bertz CT molecular complexity index is 918. The molecule has 0 aliphatic carbocycles. The zero-order valence-electron chi connectivity index (χ0n) is 13.8. The molecule has 10 heteroatoms. The molecule has 0 spiro atoms. The number of anilines is 1. The number of aliphatic carboxylic acids is 1. The van der Waals surface area contributed by atoms with E-state index in [1.165, 1.54) is 24.3 Å². The van der Waals surface area contributed by atoms with E-state index in [0.717, 1.165) is 12.1 Å². The Morgan fingerprint density at radius 2 is 1.74 bits per heavy atom. The molecule has 0 aliphatic rings. The molecule has 0 atom stereocenters. The van der Waals surface area contributed by atoms with Gasteiger partial charge in [-0.05, 0) is 36.8 Å². The lowest BCUT2D eigenvalue weighted by Crippen LogP contribution is -2.33. The van der Waals surface area contributed by atoms with Crippen molar-refractivity contribution in [2.45, 2.75) is 23.9 Å². The molecule has 0 radical (unpaired) electrons. The van der Waals surface area contributed by atoms with Crippen molar-refractivity contribution in [2.75, 3.05) is 10.8 Å². The van der Waals surface area contributed by atoms with Crippen molar-refractivity contribution in [1.82, 2.24) is 0 Å². The average Bonchev–Trinajstić information content (AvgIpc) is 2.59. The first-order chi connectivity index (χ1) is 12.5. The number of sulfonamides is 1. The van der Waals surface area contributed by atoms with Crippen LogP contribution in [-0.4, -0.2) is 26.0 Å². The van der Waals surface area contributed by atoms with E-state index < -0.39 is 27.7 Å². The molecule has 0 fully saturated rings. The monoisotopic (exact) mass is 421 g/mol. The van der Waals surface area contributed by atoms with Crippen molar-refractivity contribution in [1.29, 1.82) is 0 Å².